The Hall–Kier alpha value is -3.68. The number of ether oxygens (including phenoxy) is 1. The van der Waals surface area contributed by atoms with Crippen molar-refractivity contribution in [2.75, 3.05) is 17.7 Å². The zero-order chi connectivity index (χ0) is 23.5. The van der Waals surface area contributed by atoms with Gasteiger partial charge in [-0.3, -0.25) is 9.59 Å². The van der Waals surface area contributed by atoms with Gasteiger partial charge in [0.2, 0.25) is 11.8 Å². The second-order valence-electron chi connectivity index (χ2n) is 8.67. The highest BCUT2D eigenvalue weighted by atomic mass is 16.5. The van der Waals surface area contributed by atoms with Crippen LogP contribution in [0.25, 0.3) is 0 Å². The van der Waals surface area contributed by atoms with Gasteiger partial charge in [0.1, 0.15) is 11.3 Å². The van der Waals surface area contributed by atoms with E-state index in [0.29, 0.717) is 22.8 Å². The first kappa shape index (κ1) is 23.0. The molecule has 3 rings (SSSR count). The largest absolute Gasteiger partial charge is 0.480 e. The van der Waals surface area contributed by atoms with Crippen LogP contribution >= 0.6 is 0 Å². The maximum Gasteiger partial charge on any atom is 0.261 e. The first-order chi connectivity index (χ1) is 15.1. The lowest BCUT2D eigenvalue weighted by Gasteiger charge is -2.12. The molecule has 0 aliphatic heterocycles. The van der Waals surface area contributed by atoms with Gasteiger partial charge < -0.3 is 19.9 Å². The number of aryl methyl sites for hydroxylation is 2. The molecular formula is C24H28N4O4. The van der Waals surface area contributed by atoms with Crippen molar-refractivity contribution in [3.8, 4) is 5.88 Å². The van der Waals surface area contributed by atoms with Crippen molar-refractivity contribution in [1.82, 2.24) is 10.1 Å². The molecule has 0 atom stereocenters. The quantitative estimate of drug-likeness (QED) is 0.592. The number of rotatable bonds is 6. The van der Waals surface area contributed by atoms with Crippen LogP contribution in [-0.2, 0) is 16.6 Å². The molecule has 0 saturated carbocycles. The summed E-state index contributed by atoms with van der Waals surface area (Å²) in [6.07, 6.45) is 0.167. The third-order valence-corrected chi connectivity index (χ3v) is 4.83. The summed E-state index contributed by atoms with van der Waals surface area (Å²) in [5, 5.41) is 9.49. The number of methoxy groups -OCH3 is 1. The Morgan fingerprint density at radius 3 is 2.34 bits per heavy atom. The molecule has 0 spiro atoms. The van der Waals surface area contributed by atoms with Gasteiger partial charge in [0.25, 0.3) is 5.91 Å². The lowest BCUT2D eigenvalue weighted by Crippen LogP contribution is -2.16. The minimum absolute atomic E-state index is 0.167. The van der Waals surface area contributed by atoms with E-state index in [2.05, 4.69) is 20.8 Å². The average molecular weight is 437 g/mol. The number of aromatic nitrogens is 2. The molecule has 0 bridgehead atoms. The molecule has 0 unspecified atom stereocenters. The smallest absolute Gasteiger partial charge is 0.261 e. The summed E-state index contributed by atoms with van der Waals surface area (Å²) in [4.78, 5) is 29.4. The molecule has 32 heavy (non-hydrogen) atoms. The van der Waals surface area contributed by atoms with Crippen LogP contribution in [-0.4, -0.2) is 29.1 Å². The Morgan fingerprint density at radius 2 is 1.75 bits per heavy atom. The molecule has 2 N–H and O–H groups in total. The summed E-state index contributed by atoms with van der Waals surface area (Å²) < 4.78 is 10.6. The van der Waals surface area contributed by atoms with Crippen molar-refractivity contribution < 1.29 is 18.8 Å². The molecule has 2 heterocycles. The van der Waals surface area contributed by atoms with Crippen molar-refractivity contribution in [1.29, 1.82) is 0 Å². The fourth-order valence-corrected chi connectivity index (χ4v) is 3.19. The van der Waals surface area contributed by atoms with E-state index in [4.69, 9.17) is 9.26 Å². The zero-order valence-corrected chi connectivity index (χ0v) is 19.2. The van der Waals surface area contributed by atoms with Gasteiger partial charge in [0, 0.05) is 22.9 Å². The normalized spacial score (nSPS) is 11.2. The summed E-state index contributed by atoms with van der Waals surface area (Å²) in [5.74, 6) is 0.860. The Kier molecular flexibility index (Phi) is 6.62. The number of pyridine rings is 1. The van der Waals surface area contributed by atoms with E-state index in [1.54, 1.807) is 30.3 Å². The van der Waals surface area contributed by atoms with E-state index in [9.17, 15) is 9.59 Å². The number of carbonyl (C=O) groups excluding carboxylic acids is 2. The number of hydrogen-bond donors (Lipinski definition) is 2. The molecule has 0 fully saturated rings. The highest BCUT2D eigenvalue weighted by Gasteiger charge is 2.20. The summed E-state index contributed by atoms with van der Waals surface area (Å²) in [5.41, 5.74) is 3.16. The van der Waals surface area contributed by atoms with Crippen LogP contribution < -0.4 is 15.4 Å². The lowest BCUT2D eigenvalue weighted by atomic mass is 9.93. The minimum atomic E-state index is -0.307. The number of nitrogens with one attached hydrogen (secondary N) is 2. The van der Waals surface area contributed by atoms with Crippen LogP contribution in [0.1, 0.15) is 53.7 Å². The van der Waals surface area contributed by atoms with Crippen LogP contribution in [0.15, 0.2) is 40.9 Å². The van der Waals surface area contributed by atoms with Crippen molar-refractivity contribution >= 4 is 23.3 Å². The molecule has 0 saturated heterocycles. The molecule has 0 radical (unpaired) electrons. The van der Waals surface area contributed by atoms with Gasteiger partial charge >= 0.3 is 0 Å². The Labute approximate surface area is 187 Å². The second kappa shape index (κ2) is 9.21. The second-order valence-corrected chi connectivity index (χ2v) is 8.67. The van der Waals surface area contributed by atoms with Gasteiger partial charge in [-0.05, 0) is 43.2 Å². The maximum atomic E-state index is 12.8. The third kappa shape index (κ3) is 5.51. The monoisotopic (exact) mass is 436 g/mol. The standard InChI is InChI=1S/C24H28N4O4/c1-14-11-15(2)25-23(31-6)21(14)22(30)26-17-9-7-16(8-10-17)12-20(29)27-19-13-18(32-28-19)24(3,4)5/h7-11,13H,12H2,1-6H3,(H,26,30)(H,27,28,29). The van der Waals surface area contributed by atoms with Gasteiger partial charge in [0.05, 0.1) is 13.5 Å². The highest BCUT2D eigenvalue weighted by Crippen LogP contribution is 2.25. The molecule has 2 amide bonds. The number of amides is 2. The molecule has 0 aliphatic rings. The van der Waals surface area contributed by atoms with Crippen LogP contribution in [0.2, 0.25) is 0 Å². The van der Waals surface area contributed by atoms with Crippen molar-refractivity contribution in [3.63, 3.8) is 0 Å². The summed E-state index contributed by atoms with van der Waals surface area (Å²) in [6, 6.07) is 10.6. The van der Waals surface area contributed by atoms with Gasteiger partial charge in [-0.15, -0.1) is 0 Å². The van der Waals surface area contributed by atoms with Crippen LogP contribution in [0.3, 0.4) is 0 Å². The molecule has 3 aromatic rings. The lowest BCUT2D eigenvalue weighted by molar-refractivity contribution is -0.115. The first-order valence-electron chi connectivity index (χ1n) is 10.3. The van der Waals surface area contributed by atoms with E-state index < -0.39 is 0 Å². The maximum absolute atomic E-state index is 12.8. The van der Waals surface area contributed by atoms with Gasteiger partial charge in [-0.25, -0.2) is 4.98 Å². The van der Waals surface area contributed by atoms with E-state index in [1.807, 2.05) is 40.7 Å². The van der Waals surface area contributed by atoms with Crippen LogP contribution in [0.5, 0.6) is 5.88 Å². The van der Waals surface area contributed by atoms with E-state index >= 15 is 0 Å². The van der Waals surface area contributed by atoms with Crippen molar-refractivity contribution in [2.24, 2.45) is 0 Å². The molecule has 1 aromatic carbocycles. The SMILES string of the molecule is COc1nc(C)cc(C)c1C(=O)Nc1ccc(CC(=O)Nc2cc(C(C)(C)C)on2)cc1. The highest BCUT2D eigenvalue weighted by molar-refractivity contribution is 6.07. The molecule has 168 valence electrons. The fraction of sp³-hybridized carbons (Fsp3) is 0.333. The van der Waals surface area contributed by atoms with Crippen molar-refractivity contribution in [3.05, 3.63) is 64.5 Å². The third-order valence-electron chi connectivity index (χ3n) is 4.83. The Balaban J connectivity index is 1.62. The number of hydrogen-bond acceptors (Lipinski definition) is 6. The molecule has 8 heteroatoms. The first-order valence-corrected chi connectivity index (χ1v) is 10.3. The van der Waals surface area contributed by atoms with E-state index in [1.165, 1.54) is 7.11 Å². The van der Waals surface area contributed by atoms with Gasteiger partial charge in [0.15, 0.2) is 5.82 Å². The molecule has 8 nitrogen and oxygen atoms in total. The van der Waals surface area contributed by atoms with Gasteiger partial charge in [-0.2, -0.15) is 0 Å². The topological polar surface area (TPSA) is 106 Å². The molecular weight excluding hydrogens is 408 g/mol. The number of benzene rings is 1. The average Bonchev–Trinajstić information content (AvgIpc) is 3.17. The Morgan fingerprint density at radius 1 is 1.06 bits per heavy atom. The van der Waals surface area contributed by atoms with Crippen LogP contribution in [0, 0.1) is 13.8 Å². The minimum Gasteiger partial charge on any atom is -0.480 e. The summed E-state index contributed by atoms with van der Waals surface area (Å²) in [7, 11) is 1.49. The zero-order valence-electron chi connectivity index (χ0n) is 19.2. The number of nitrogens with zero attached hydrogens (tertiary/aromatic N) is 2. The molecule has 0 aliphatic carbocycles. The van der Waals surface area contributed by atoms with E-state index in [-0.39, 0.29) is 29.5 Å². The summed E-state index contributed by atoms with van der Waals surface area (Å²) in [6.45, 7) is 9.70. The molecule has 2 aromatic heterocycles. The fourth-order valence-electron chi connectivity index (χ4n) is 3.19. The van der Waals surface area contributed by atoms with Gasteiger partial charge in [-0.1, -0.05) is 38.1 Å². The van der Waals surface area contributed by atoms with Crippen molar-refractivity contribution in [2.45, 2.75) is 46.5 Å². The predicted octanol–water partition coefficient (Wildman–Crippen LogP) is 4.43. The number of carbonyl (C=O) groups is 2. The Bertz CT molecular complexity index is 1130. The number of anilines is 2. The van der Waals surface area contributed by atoms with E-state index in [0.717, 1.165) is 16.8 Å². The summed E-state index contributed by atoms with van der Waals surface area (Å²) >= 11 is 0. The van der Waals surface area contributed by atoms with Crippen LogP contribution in [0.4, 0.5) is 11.5 Å². The predicted molar refractivity (Wildman–Crippen MR) is 122 cm³/mol.